The Bertz CT molecular complexity index is 137. The van der Waals surface area contributed by atoms with Crippen molar-refractivity contribution in [1.82, 2.24) is 0 Å². The van der Waals surface area contributed by atoms with E-state index in [1.54, 1.807) is 0 Å². The van der Waals surface area contributed by atoms with Crippen molar-refractivity contribution in [3.05, 3.63) is 24.3 Å². The summed E-state index contributed by atoms with van der Waals surface area (Å²) < 4.78 is 10.2. The summed E-state index contributed by atoms with van der Waals surface area (Å²) in [5, 5.41) is 0. The van der Waals surface area contributed by atoms with Crippen LogP contribution in [0.4, 0.5) is 0 Å². The second-order valence-electron chi connectivity index (χ2n) is 1.72. The summed E-state index contributed by atoms with van der Waals surface area (Å²) in [6, 6.07) is 0. The summed E-state index contributed by atoms with van der Waals surface area (Å²) in [6.45, 7) is 0. The second-order valence-corrected chi connectivity index (χ2v) is 2.60. The van der Waals surface area contributed by atoms with Crippen molar-refractivity contribution in [2.45, 2.75) is 12.1 Å². The monoisotopic (exact) mass is 126 g/mol. The van der Waals surface area contributed by atoms with Crippen LogP contribution in [-0.4, -0.2) is 5.66 Å². The average molecular weight is 126 g/mol. The highest BCUT2D eigenvalue weighted by Gasteiger charge is 2.01. The minimum absolute atomic E-state index is 0.236. The molecule has 0 heterocycles. The number of rotatable bonds is 1. The fraction of sp³-hybridized carbons (Fsp3) is 0.333. The third-order valence-electron chi connectivity index (χ3n) is 1.09. The lowest BCUT2D eigenvalue weighted by Gasteiger charge is -1.99. The molecule has 0 radical (unpaired) electrons. The van der Waals surface area contributed by atoms with Crippen LogP contribution in [0, 0.1) is 0 Å². The lowest BCUT2D eigenvalue weighted by Crippen LogP contribution is -1.92. The van der Waals surface area contributed by atoms with Gasteiger partial charge in [0.2, 0.25) is 0 Å². The van der Waals surface area contributed by atoms with Crippen molar-refractivity contribution in [2.75, 3.05) is 0 Å². The second kappa shape index (κ2) is 2.78. The standard InChI is InChI=1S/C6H7OP/c7-8-6-4-2-1-3-5-6/h1-4,6H,5H2. The highest BCUT2D eigenvalue weighted by molar-refractivity contribution is 7.25. The molecule has 0 spiro atoms. The molecule has 0 saturated carbocycles. The molecule has 1 aliphatic carbocycles. The Balaban J connectivity index is 2.51. The van der Waals surface area contributed by atoms with E-state index in [4.69, 9.17) is 0 Å². The molecule has 0 aliphatic heterocycles. The molecule has 42 valence electrons. The Morgan fingerprint density at radius 1 is 1.50 bits per heavy atom. The number of hydrogen-bond acceptors (Lipinski definition) is 1. The van der Waals surface area contributed by atoms with Crippen molar-refractivity contribution in [2.24, 2.45) is 0 Å². The maximum Gasteiger partial charge on any atom is 0.163 e. The zero-order chi connectivity index (χ0) is 5.82. The normalized spacial score (nSPS) is 26.8. The van der Waals surface area contributed by atoms with Crippen LogP contribution in [-0.2, 0) is 4.57 Å². The third-order valence-corrected chi connectivity index (χ3v) is 1.75. The molecular weight excluding hydrogens is 119 g/mol. The van der Waals surface area contributed by atoms with Gasteiger partial charge in [0.15, 0.2) is 8.46 Å². The fourth-order valence-corrected chi connectivity index (χ4v) is 1.02. The highest BCUT2D eigenvalue weighted by Crippen LogP contribution is 2.15. The van der Waals surface area contributed by atoms with E-state index < -0.39 is 0 Å². The van der Waals surface area contributed by atoms with Gasteiger partial charge in [0, 0.05) is 0 Å². The first-order chi connectivity index (χ1) is 3.93. The molecule has 0 aromatic rings. The molecular formula is C6H7OP. The average Bonchev–Trinajstić information content (AvgIpc) is 1.90. The maximum atomic E-state index is 10.2. The van der Waals surface area contributed by atoms with Gasteiger partial charge >= 0.3 is 0 Å². The van der Waals surface area contributed by atoms with Crippen LogP contribution < -0.4 is 0 Å². The summed E-state index contributed by atoms with van der Waals surface area (Å²) >= 11 is 0. The summed E-state index contributed by atoms with van der Waals surface area (Å²) in [5.74, 6) is 0. The van der Waals surface area contributed by atoms with Crippen LogP contribution in [0.5, 0.6) is 0 Å². The summed E-state index contributed by atoms with van der Waals surface area (Å²) in [5.41, 5.74) is 0.236. The van der Waals surface area contributed by atoms with Crippen LogP contribution in [0.1, 0.15) is 6.42 Å². The van der Waals surface area contributed by atoms with E-state index in [1.807, 2.05) is 24.3 Å². The first-order valence-corrected chi connectivity index (χ1v) is 3.47. The molecule has 1 rings (SSSR count). The first-order valence-electron chi connectivity index (χ1n) is 2.59. The van der Waals surface area contributed by atoms with E-state index in [0.717, 1.165) is 6.42 Å². The lowest BCUT2D eigenvalue weighted by atomic mass is 10.2. The molecule has 1 atom stereocenters. The topological polar surface area (TPSA) is 17.1 Å². The van der Waals surface area contributed by atoms with Crippen molar-refractivity contribution in [3.63, 3.8) is 0 Å². The van der Waals surface area contributed by atoms with Gasteiger partial charge in [-0.1, -0.05) is 24.3 Å². The van der Waals surface area contributed by atoms with Crippen LogP contribution in [0.15, 0.2) is 24.3 Å². The Morgan fingerprint density at radius 2 is 2.38 bits per heavy atom. The van der Waals surface area contributed by atoms with Crippen molar-refractivity contribution in [1.29, 1.82) is 0 Å². The Hall–Kier alpha value is -0.420. The minimum Gasteiger partial charge on any atom is -0.274 e. The molecule has 1 unspecified atom stereocenters. The molecule has 0 saturated heterocycles. The largest absolute Gasteiger partial charge is 0.274 e. The molecule has 2 heteroatoms. The fourth-order valence-electron chi connectivity index (χ4n) is 0.646. The molecule has 0 aromatic heterocycles. The van der Waals surface area contributed by atoms with Gasteiger partial charge < -0.3 is 0 Å². The molecule has 0 amide bonds. The van der Waals surface area contributed by atoms with E-state index in [-0.39, 0.29) is 14.1 Å². The van der Waals surface area contributed by atoms with Gasteiger partial charge in [-0.25, -0.2) is 0 Å². The summed E-state index contributed by atoms with van der Waals surface area (Å²) in [6.07, 6.45) is 8.80. The summed E-state index contributed by atoms with van der Waals surface area (Å²) in [4.78, 5) is 0. The van der Waals surface area contributed by atoms with Crippen LogP contribution >= 0.6 is 8.46 Å². The minimum atomic E-state index is 0.236. The predicted octanol–water partition coefficient (Wildman–Crippen LogP) is 2.16. The van der Waals surface area contributed by atoms with Crippen LogP contribution in [0.3, 0.4) is 0 Å². The van der Waals surface area contributed by atoms with Gasteiger partial charge in [-0.05, 0) is 6.42 Å². The molecule has 0 aromatic carbocycles. The SMILES string of the molecule is O=PC1C=CC=CC1. The first kappa shape index (κ1) is 5.71. The van der Waals surface area contributed by atoms with Crippen molar-refractivity contribution < 1.29 is 4.57 Å². The van der Waals surface area contributed by atoms with E-state index in [9.17, 15) is 4.57 Å². The van der Waals surface area contributed by atoms with E-state index >= 15 is 0 Å². The molecule has 0 fully saturated rings. The van der Waals surface area contributed by atoms with Crippen molar-refractivity contribution >= 4 is 8.46 Å². The number of allylic oxidation sites excluding steroid dienone is 4. The lowest BCUT2D eigenvalue weighted by molar-refractivity contribution is 0.594. The smallest absolute Gasteiger partial charge is 0.163 e. The molecule has 0 N–H and O–H groups in total. The summed E-state index contributed by atoms with van der Waals surface area (Å²) in [7, 11) is 0.238. The van der Waals surface area contributed by atoms with Gasteiger partial charge in [0.1, 0.15) is 0 Å². The van der Waals surface area contributed by atoms with E-state index in [0.29, 0.717) is 0 Å². The van der Waals surface area contributed by atoms with Crippen LogP contribution in [0.2, 0.25) is 0 Å². The van der Waals surface area contributed by atoms with Crippen LogP contribution in [0.25, 0.3) is 0 Å². The Labute approximate surface area is 50.3 Å². The highest BCUT2D eigenvalue weighted by atomic mass is 31.1. The molecule has 1 aliphatic rings. The maximum absolute atomic E-state index is 10.2. The van der Waals surface area contributed by atoms with Gasteiger partial charge in [-0.15, -0.1) is 0 Å². The molecule has 8 heavy (non-hydrogen) atoms. The van der Waals surface area contributed by atoms with E-state index in [1.165, 1.54) is 0 Å². The van der Waals surface area contributed by atoms with Gasteiger partial charge in [-0.3, -0.25) is 4.57 Å². The zero-order valence-corrected chi connectivity index (χ0v) is 5.34. The quantitative estimate of drug-likeness (QED) is 0.492. The Morgan fingerprint density at radius 3 is 2.75 bits per heavy atom. The predicted molar refractivity (Wildman–Crippen MR) is 34.3 cm³/mol. The molecule has 0 bridgehead atoms. The van der Waals surface area contributed by atoms with Crippen molar-refractivity contribution in [3.8, 4) is 0 Å². The zero-order valence-electron chi connectivity index (χ0n) is 4.45. The van der Waals surface area contributed by atoms with Gasteiger partial charge in [0.05, 0.1) is 5.66 Å². The Kier molecular flexibility index (Phi) is 1.99. The van der Waals surface area contributed by atoms with Gasteiger partial charge in [0.25, 0.3) is 0 Å². The molecule has 1 nitrogen and oxygen atoms in total. The van der Waals surface area contributed by atoms with Gasteiger partial charge in [-0.2, -0.15) is 0 Å². The third kappa shape index (κ3) is 1.28. The van der Waals surface area contributed by atoms with E-state index in [2.05, 4.69) is 0 Å². The number of hydrogen-bond donors (Lipinski definition) is 0.